The van der Waals surface area contributed by atoms with E-state index in [1.807, 2.05) is 0 Å². The Kier molecular flexibility index (Phi) is 5.50. The van der Waals surface area contributed by atoms with E-state index in [2.05, 4.69) is 159 Å². The zero-order valence-corrected chi connectivity index (χ0v) is 23.9. The Morgan fingerprint density at radius 1 is 0.600 bits per heavy atom. The maximum atomic E-state index is 2.55. The molecule has 0 bridgehead atoms. The Bertz CT molecular complexity index is 1950. The molecular weight excluding hydrogens is 484 g/mol. The second-order valence-corrected chi connectivity index (χ2v) is 11.6. The number of anilines is 3. The predicted octanol–water partition coefficient (Wildman–Crippen LogP) is 10.5. The summed E-state index contributed by atoms with van der Waals surface area (Å²) in [5.41, 5.74) is 14.0. The Balaban J connectivity index is 1.60. The lowest BCUT2D eigenvalue weighted by Crippen LogP contribution is -2.15. The molecule has 0 saturated carbocycles. The second kappa shape index (κ2) is 8.99. The van der Waals surface area contributed by atoms with Crippen molar-refractivity contribution in [2.24, 2.45) is 0 Å². The summed E-state index contributed by atoms with van der Waals surface area (Å²) in [7, 11) is 0. The largest absolute Gasteiger partial charge is 0.310 e. The lowest BCUT2D eigenvalue weighted by atomic mass is 9.82. The van der Waals surface area contributed by atoms with Crippen LogP contribution in [0.15, 0.2) is 121 Å². The number of para-hydroxylation sites is 3. The Hall–Kier alpha value is -4.56. The van der Waals surface area contributed by atoms with E-state index in [4.69, 9.17) is 0 Å². The minimum atomic E-state index is -0.0354. The van der Waals surface area contributed by atoms with Crippen molar-refractivity contribution in [1.82, 2.24) is 4.57 Å². The zero-order chi connectivity index (χ0) is 27.6. The van der Waals surface area contributed by atoms with E-state index in [0.717, 1.165) is 5.69 Å². The number of rotatable bonds is 4. The highest BCUT2D eigenvalue weighted by Gasteiger charge is 2.37. The van der Waals surface area contributed by atoms with Gasteiger partial charge in [0.25, 0.3) is 0 Å². The molecule has 196 valence electrons. The maximum Gasteiger partial charge on any atom is 0.0591 e. The fourth-order valence-electron chi connectivity index (χ4n) is 6.71. The number of benzene rings is 5. The quantitative estimate of drug-likeness (QED) is 0.225. The van der Waals surface area contributed by atoms with E-state index in [-0.39, 0.29) is 5.41 Å². The summed E-state index contributed by atoms with van der Waals surface area (Å²) in [5, 5.41) is 2.58. The van der Waals surface area contributed by atoms with Crippen molar-refractivity contribution in [3.8, 4) is 0 Å². The van der Waals surface area contributed by atoms with Gasteiger partial charge in [0.1, 0.15) is 0 Å². The van der Waals surface area contributed by atoms with Gasteiger partial charge in [-0.15, -0.1) is 0 Å². The summed E-state index contributed by atoms with van der Waals surface area (Å²) in [5.74, 6) is 0. The van der Waals surface area contributed by atoms with Crippen LogP contribution in [0.25, 0.3) is 27.5 Å². The normalized spacial score (nSPS) is 14.2. The summed E-state index contributed by atoms with van der Waals surface area (Å²) in [6.07, 6.45) is 0. The molecule has 0 aliphatic heterocycles. The minimum absolute atomic E-state index is 0.0354. The molecule has 0 atom stereocenters. The lowest BCUT2D eigenvalue weighted by Gasteiger charge is -2.29. The summed E-state index contributed by atoms with van der Waals surface area (Å²) in [6.45, 7) is 11.5. The van der Waals surface area contributed by atoms with Crippen molar-refractivity contribution in [3.05, 3.63) is 143 Å². The van der Waals surface area contributed by atoms with Gasteiger partial charge in [-0.1, -0.05) is 98.8 Å². The molecule has 0 spiro atoms. The average molecular weight is 519 g/mol. The van der Waals surface area contributed by atoms with Crippen molar-refractivity contribution < 1.29 is 0 Å². The molecule has 1 aliphatic carbocycles. The van der Waals surface area contributed by atoms with Crippen molar-refractivity contribution in [1.29, 1.82) is 0 Å². The number of aryl methyl sites for hydroxylation is 2. The van der Waals surface area contributed by atoms with Crippen LogP contribution in [0.4, 0.5) is 17.1 Å². The topological polar surface area (TPSA) is 8.17 Å². The van der Waals surface area contributed by atoms with E-state index in [1.165, 1.54) is 66.7 Å². The summed E-state index contributed by atoms with van der Waals surface area (Å²) >= 11 is 0. The van der Waals surface area contributed by atoms with Gasteiger partial charge in [0.05, 0.1) is 22.4 Å². The molecule has 2 nitrogen and oxygen atoms in total. The van der Waals surface area contributed by atoms with Crippen molar-refractivity contribution in [2.45, 2.75) is 40.0 Å². The molecule has 0 N–H and O–H groups in total. The van der Waals surface area contributed by atoms with E-state index in [9.17, 15) is 0 Å². The van der Waals surface area contributed by atoms with Crippen LogP contribution in [0.1, 0.15) is 43.0 Å². The molecule has 0 saturated heterocycles. The number of hydrogen-bond donors (Lipinski definition) is 0. The lowest BCUT2D eigenvalue weighted by molar-refractivity contribution is 0.638. The smallest absolute Gasteiger partial charge is 0.0591 e. The third-order valence-electron chi connectivity index (χ3n) is 9.04. The van der Waals surface area contributed by atoms with Gasteiger partial charge >= 0.3 is 0 Å². The molecule has 0 radical (unpaired) electrons. The van der Waals surface area contributed by atoms with Crippen LogP contribution in [0.5, 0.6) is 0 Å². The monoisotopic (exact) mass is 518 g/mol. The summed E-state index contributed by atoms with van der Waals surface area (Å²) in [4.78, 5) is 2.42. The van der Waals surface area contributed by atoms with E-state index < -0.39 is 0 Å². The molecule has 0 fully saturated rings. The number of allylic oxidation sites excluding steroid dienone is 1. The molecule has 1 aliphatic rings. The molecular formula is C38H34N2. The van der Waals surface area contributed by atoms with Gasteiger partial charge in [-0.05, 0) is 73.4 Å². The highest BCUT2D eigenvalue weighted by molar-refractivity contribution is 6.13. The number of fused-ring (bicyclic) bond motifs is 4. The molecule has 2 heteroatoms. The van der Waals surface area contributed by atoms with Gasteiger partial charge in [0.2, 0.25) is 0 Å². The molecule has 6 aromatic rings. The van der Waals surface area contributed by atoms with Crippen LogP contribution in [0, 0.1) is 13.8 Å². The first-order chi connectivity index (χ1) is 19.4. The van der Waals surface area contributed by atoms with Crippen LogP contribution < -0.4 is 4.90 Å². The molecule has 0 unspecified atom stereocenters. The van der Waals surface area contributed by atoms with Crippen LogP contribution in [-0.2, 0) is 5.41 Å². The van der Waals surface area contributed by atoms with E-state index in [0.29, 0.717) is 0 Å². The third kappa shape index (κ3) is 3.42. The molecule has 40 heavy (non-hydrogen) atoms. The Labute approximate surface area is 236 Å². The van der Waals surface area contributed by atoms with Crippen LogP contribution in [0.3, 0.4) is 0 Å². The number of aromatic nitrogens is 1. The van der Waals surface area contributed by atoms with Crippen molar-refractivity contribution >= 4 is 44.6 Å². The highest BCUT2D eigenvalue weighted by atomic mass is 15.1. The van der Waals surface area contributed by atoms with Gasteiger partial charge in [0, 0.05) is 33.1 Å². The fourth-order valence-corrected chi connectivity index (χ4v) is 6.71. The number of hydrogen-bond acceptors (Lipinski definition) is 1. The summed E-state index contributed by atoms with van der Waals surface area (Å²) < 4.78 is 2.55. The fraction of sp³-hybridized carbons (Fsp3) is 0.158. The van der Waals surface area contributed by atoms with Crippen LogP contribution >= 0.6 is 0 Å². The van der Waals surface area contributed by atoms with E-state index in [1.54, 1.807) is 0 Å². The first-order valence-corrected chi connectivity index (χ1v) is 14.1. The molecule has 0 amide bonds. The Morgan fingerprint density at radius 3 is 2.08 bits per heavy atom. The first kappa shape index (κ1) is 24.5. The van der Waals surface area contributed by atoms with Gasteiger partial charge in [-0.25, -0.2) is 0 Å². The maximum absolute atomic E-state index is 2.55. The minimum Gasteiger partial charge on any atom is -0.310 e. The molecule has 5 aromatic carbocycles. The van der Waals surface area contributed by atoms with Gasteiger partial charge in [-0.3, -0.25) is 0 Å². The molecule has 1 aromatic heterocycles. The van der Waals surface area contributed by atoms with Gasteiger partial charge in [-0.2, -0.15) is 0 Å². The molecule has 7 rings (SSSR count). The third-order valence-corrected chi connectivity index (χ3v) is 9.04. The highest BCUT2D eigenvalue weighted by Crippen LogP contribution is 2.50. The Morgan fingerprint density at radius 2 is 1.27 bits per heavy atom. The van der Waals surface area contributed by atoms with E-state index >= 15 is 0 Å². The van der Waals surface area contributed by atoms with Crippen molar-refractivity contribution in [2.75, 3.05) is 4.90 Å². The number of nitrogens with zero attached hydrogens (tertiary/aromatic N) is 2. The predicted molar refractivity (Wildman–Crippen MR) is 171 cm³/mol. The van der Waals surface area contributed by atoms with Gasteiger partial charge < -0.3 is 9.47 Å². The zero-order valence-electron chi connectivity index (χ0n) is 23.9. The van der Waals surface area contributed by atoms with Crippen LogP contribution in [0.2, 0.25) is 0 Å². The first-order valence-electron chi connectivity index (χ1n) is 14.1. The summed E-state index contributed by atoms with van der Waals surface area (Å²) in [6, 6.07) is 41.9. The standard InChI is InChI=1S/C38H34N2/c1-25-15-9-13-21-33(25)39(28-16-7-6-8-17-28)34-24-23-30-29-18-11-14-22-35(29)40(36(30)26(34)2)37-27(3)38(4,5)32-20-12-10-19-31(32)37/h6-24H,1-5H3. The van der Waals surface area contributed by atoms with Crippen molar-refractivity contribution in [3.63, 3.8) is 0 Å². The van der Waals surface area contributed by atoms with Gasteiger partial charge in [0.15, 0.2) is 0 Å². The molecule has 1 heterocycles. The second-order valence-electron chi connectivity index (χ2n) is 11.6. The SMILES string of the molecule is CC1=C(n2c3ccccc3c3ccc(N(c4ccccc4)c4ccccc4C)c(C)c32)c2ccccc2C1(C)C. The average Bonchev–Trinajstić information content (AvgIpc) is 3.40. The van der Waals surface area contributed by atoms with Crippen LogP contribution in [-0.4, -0.2) is 4.57 Å².